The van der Waals surface area contributed by atoms with Crippen molar-refractivity contribution in [1.82, 2.24) is 14.9 Å². The maximum Gasteiger partial charge on any atom is 0.254 e. The van der Waals surface area contributed by atoms with Gasteiger partial charge < -0.3 is 20.4 Å². The van der Waals surface area contributed by atoms with E-state index in [0.29, 0.717) is 34.6 Å². The first-order chi connectivity index (χ1) is 18.9. The van der Waals surface area contributed by atoms with Crippen molar-refractivity contribution in [2.24, 2.45) is 0 Å². The van der Waals surface area contributed by atoms with Gasteiger partial charge in [0.1, 0.15) is 0 Å². The van der Waals surface area contributed by atoms with Gasteiger partial charge in [-0.1, -0.05) is 35.3 Å². The Morgan fingerprint density at radius 1 is 0.821 bits per heavy atom. The lowest BCUT2D eigenvalue weighted by Crippen LogP contribution is -2.48. The van der Waals surface area contributed by atoms with Crippen LogP contribution in [-0.4, -0.2) is 52.9 Å². The summed E-state index contributed by atoms with van der Waals surface area (Å²) in [6, 6.07) is 22.4. The molecule has 39 heavy (non-hydrogen) atoms. The quantitative estimate of drug-likeness (QED) is 0.295. The van der Waals surface area contributed by atoms with E-state index in [4.69, 9.17) is 23.2 Å². The lowest BCUT2D eigenvalue weighted by molar-refractivity contribution is -0.114. The summed E-state index contributed by atoms with van der Waals surface area (Å²) in [6.45, 7) is 4.17. The van der Waals surface area contributed by atoms with Crippen molar-refractivity contribution in [2.75, 3.05) is 41.7 Å². The van der Waals surface area contributed by atoms with E-state index in [0.717, 1.165) is 41.4 Å². The van der Waals surface area contributed by atoms with Gasteiger partial charge >= 0.3 is 0 Å². The highest BCUT2D eigenvalue weighted by molar-refractivity contribution is 6.42. The van der Waals surface area contributed by atoms with Crippen LogP contribution in [0.4, 0.5) is 23.0 Å². The second kappa shape index (κ2) is 11.7. The van der Waals surface area contributed by atoms with Crippen LogP contribution < -0.4 is 15.5 Å². The molecule has 0 spiro atoms. The fourth-order valence-corrected chi connectivity index (χ4v) is 4.67. The monoisotopic (exact) mass is 560 g/mol. The Hall–Kier alpha value is -4.14. The molecule has 1 fully saturated rings. The zero-order chi connectivity index (χ0) is 27.4. The lowest BCUT2D eigenvalue weighted by atomic mass is 10.1. The third kappa shape index (κ3) is 6.47. The zero-order valence-corrected chi connectivity index (χ0v) is 22.7. The fourth-order valence-electron chi connectivity index (χ4n) is 4.37. The first-order valence-electron chi connectivity index (χ1n) is 12.4. The average Bonchev–Trinajstić information content (AvgIpc) is 2.95. The molecule has 0 bridgehead atoms. The van der Waals surface area contributed by atoms with E-state index in [1.165, 1.54) is 6.92 Å². The SMILES string of the molecule is CC(=O)Nc1ccc(-c2ccnc(Nc3ccc(N4CCN(C(=O)c5ccc(Cl)c(Cl)c5)CC4)cc3)n2)cc1. The van der Waals surface area contributed by atoms with Crippen LogP contribution >= 0.6 is 23.2 Å². The van der Waals surface area contributed by atoms with Crippen molar-refractivity contribution in [3.63, 3.8) is 0 Å². The van der Waals surface area contributed by atoms with Gasteiger partial charge in [0.05, 0.1) is 15.7 Å². The molecule has 1 aromatic heterocycles. The summed E-state index contributed by atoms with van der Waals surface area (Å²) >= 11 is 12.1. The molecule has 5 rings (SSSR count). The molecule has 0 aliphatic carbocycles. The number of carbonyl (C=O) groups is 2. The first-order valence-corrected chi connectivity index (χ1v) is 13.2. The Morgan fingerprint density at radius 2 is 1.51 bits per heavy atom. The number of halogens is 2. The minimum atomic E-state index is -0.112. The smallest absolute Gasteiger partial charge is 0.254 e. The highest BCUT2D eigenvalue weighted by atomic mass is 35.5. The normalized spacial score (nSPS) is 13.2. The molecule has 3 aromatic carbocycles. The molecular weight excluding hydrogens is 535 g/mol. The number of hydrogen-bond donors (Lipinski definition) is 2. The van der Waals surface area contributed by atoms with E-state index >= 15 is 0 Å². The standard InChI is InChI=1S/C29H26Cl2N6O2/c1-19(38)33-22-5-2-20(3-6-22)27-12-13-32-29(35-27)34-23-7-9-24(10-8-23)36-14-16-37(17-15-36)28(39)21-4-11-25(30)26(31)18-21/h2-13,18H,14-17H2,1H3,(H,33,38)(H,32,34,35). The summed E-state index contributed by atoms with van der Waals surface area (Å²) in [7, 11) is 0. The highest BCUT2D eigenvalue weighted by Crippen LogP contribution is 2.26. The van der Waals surface area contributed by atoms with E-state index in [2.05, 4.69) is 25.5 Å². The lowest BCUT2D eigenvalue weighted by Gasteiger charge is -2.36. The predicted molar refractivity (Wildman–Crippen MR) is 156 cm³/mol. The van der Waals surface area contributed by atoms with Gasteiger partial charge in [-0.15, -0.1) is 0 Å². The van der Waals surface area contributed by atoms with Gasteiger partial charge in [0.25, 0.3) is 5.91 Å². The molecule has 1 aliphatic heterocycles. The van der Waals surface area contributed by atoms with Gasteiger partial charge in [0.15, 0.2) is 0 Å². The molecule has 8 nitrogen and oxygen atoms in total. The summed E-state index contributed by atoms with van der Waals surface area (Å²) < 4.78 is 0. The summed E-state index contributed by atoms with van der Waals surface area (Å²) in [5.41, 5.74) is 4.91. The summed E-state index contributed by atoms with van der Waals surface area (Å²) in [6.07, 6.45) is 1.71. The van der Waals surface area contributed by atoms with E-state index in [9.17, 15) is 9.59 Å². The van der Waals surface area contributed by atoms with Crippen LogP contribution in [0.15, 0.2) is 79.0 Å². The van der Waals surface area contributed by atoms with Gasteiger partial charge in [0, 0.05) is 67.5 Å². The van der Waals surface area contributed by atoms with E-state index < -0.39 is 0 Å². The van der Waals surface area contributed by atoms with Gasteiger partial charge in [-0.3, -0.25) is 9.59 Å². The summed E-state index contributed by atoms with van der Waals surface area (Å²) in [5, 5.41) is 6.83. The Balaban J connectivity index is 1.18. The van der Waals surface area contributed by atoms with Gasteiger partial charge in [-0.25, -0.2) is 9.97 Å². The highest BCUT2D eigenvalue weighted by Gasteiger charge is 2.23. The molecule has 2 amide bonds. The molecule has 2 heterocycles. The second-order valence-corrected chi connectivity index (χ2v) is 9.92. The molecule has 0 atom stereocenters. The van der Waals surface area contributed by atoms with Gasteiger partial charge in [-0.2, -0.15) is 0 Å². The Labute approximate surface area is 236 Å². The molecule has 0 radical (unpaired) electrons. The number of aromatic nitrogens is 2. The van der Waals surface area contributed by atoms with Crippen molar-refractivity contribution in [1.29, 1.82) is 0 Å². The molecule has 1 aliphatic rings. The number of benzene rings is 3. The molecular formula is C29H26Cl2N6O2. The molecule has 1 saturated heterocycles. The molecule has 4 aromatic rings. The van der Waals surface area contributed by atoms with Gasteiger partial charge in [0.2, 0.25) is 11.9 Å². The van der Waals surface area contributed by atoms with Crippen LogP contribution in [0.25, 0.3) is 11.3 Å². The van der Waals surface area contributed by atoms with Gasteiger partial charge in [-0.05, 0) is 60.7 Å². The molecule has 198 valence electrons. The Bertz CT molecular complexity index is 1490. The maximum absolute atomic E-state index is 12.9. The number of carbonyl (C=O) groups excluding carboxylic acids is 2. The van der Waals surface area contributed by atoms with Crippen molar-refractivity contribution in [3.8, 4) is 11.3 Å². The second-order valence-electron chi connectivity index (χ2n) is 9.10. The fraction of sp³-hybridized carbons (Fsp3) is 0.172. The topological polar surface area (TPSA) is 90.5 Å². The number of nitrogens with one attached hydrogen (secondary N) is 2. The van der Waals surface area contributed by atoms with Crippen molar-refractivity contribution >= 4 is 58.0 Å². The molecule has 10 heteroatoms. The predicted octanol–water partition coefficient (Wildman–Crippen LogP) is 6.11. The first kappa shape index (κ1) is 26.5. The minimum absolute atomic E-state index is 0.0429. The van der Waals surface area contributed by atoms with E-state index in [-0.39, 0.29) is 11.8 Å². The molecule has 2 N–H and O–H groups in total. The van der Waals surface area contributed by atoms with Crippen molar-refractivity contribution < 1.29 is 9.59 Å². The average molecular weight is 561 g/mol. The largest absolute Gasteiger partial charge is 0.368 e. The third-order valence-electron chi connectivity index (χ3n) is 6.38. The van der Waals surface area contributed by atoms with Crippen LogP contribution in [0, 0.1) is 0 Å². The third-order valence-corrected chi connectivity index (χ3v) is 7.12. The van der Waals surface area contributed by atoms with Crippen LogP contribution in [0.1, 0.15) is 17.3 Å². The summed E-state index contributed by atoms with van der Waals surface area (Å²) in [4.78, 5) is 37.2. The molecule has 0 unspecified atom stereocenters. The van der Waals surface area contributed by atoms with Crippen LogP contribution in [-0.2, 0) is 4.79 Å². The number of rotatable bonds is 6. The van der Waals surface area contributed by atoms with E-state index in [1.807, 2.05) is 59.5 Å². The maximum atomic E-state index is 12.9. The molecule has 0 saturated carbocycles. The zero-order valence-electron chi connectivity index (χ0n) is 21.2. The van der Waals surface area contributed by atoms with Crippen LogP contribution in [0.3, 0.4) is 0 Å². The Morgan fingerprint density at radius 3 is 2.18 bits per heavy atom. The van der Waals surface area contributed by atoms with E-state index in [1.54, 1.807) is 24.4 Å². The van der Waals surface area contributed by atoms with Crippen molar-refractivity contribution in [2.45, 2.75) is 6.92 Å². The summed E-state index contributed by atoms with van der Waals surface area (Å²) in [5.74, 6) is 0.332. The minimum Gasteiger partial charge on any atom is -0.368 e. The number of piperazine rings is 1. The van der Waals surface area contributed by atoms with Crippen LogP contribution in [0.2, 0.25) is 10.0 Å². The number of hydrogen-bond acceptors (Lipinski definition) is 6. The number of amides is 2. The Kier molecular flexibility index (Phi) is 7.95. The van der Waals surface area contributed by atoms with Crippen molar-refractivity contribution in [3.05, 3.63) is 94.6 Å². The van der Waals surface area contributed by atoms with Crippen LogP contribution in [0.5, 0.6) is 0 Å². The number of nitrogens with zero attached hydrogens (tertiary/aromatic N) is 4. The number of anilines is 4.